The van der Waals surface area contributed by atoms with E-state index < -0.39 is 59.3 Å². The van der Waals surface area contributed by atoms with E-state index in [-0.39, 0.29) is 29.0 Å². The van der Waals surface area contributed by atoms with Crippen molar-refractivity contribution >= 4 is 11.8 Å². The summed E-state index contributed by atoms with van der Waals surface area (Å²) < 4.78 is 92.5. The molecule has 5 nitrogen and oxygen atoms in total. The number of nitrogens with zero attached hydrogens (tertiary/aromatic N) is 1. The van der Waals surface area contributed by atoms with E-state index >= 15 is 0 Å². The molecule has 12 heteroatoms. The van der Waals surface area contributed by atoms with Crippen LogP contribution >= 0.6 is 0 Å². The van der Waals surface area contributed by atoms with Gasteiger partial charge in [0, 0.05) is 17.2 Å². The maximum atomic E-state index is 14.7. The first kappa shape index (κ1) is 26.5. The second-order valence-corrected chi connectivity index (χ2v) is 10.2. The number of carbonyl (C=O) groups is 2. The summed E-state index contributed by atoms with van der Waals surface area (Å²) in [7, 11) is 0. The van der Waals surface area contributed by atoms with E-state index in [0.29, 0.717) is 31.7 Å². The minimum absolute atomic E-state index is 0.0285. The molecule has 5 rings (SSSR count). The van der Waals surface area contributed by atoms with E-state index in [0.717, 1.165) is 24.3 Å². The van der Waals surface area contributed by atoms with Crippen molar-refractivity contribution in [2.45, 2.75) is 62.3 Å². The van der Waals surface area contributed by atoms with E-state index in [1.807, 2.05) is 0 Å². The van der Waals surface area contributed by atoms with Crippen LogP contribution in [0.2, 0.25) is 0 Å². The van der Waals surface area contributed by atoms with E-state index in [1.165, 1.54) is 17.0 Å². The molecule has 2 aromatic carbocycles. The van der Waals surface area contributed by atoms with E-state index in [2.05, 4.69) is 5.32 Å². The van der Waals surface area contributed by atoms with Gasteiger partial charge in [0.05, 0.1) is 11.6 Å². The molecule has 3 fully saturated rings. The van der Waals surface area contributed by atoms with Crippen molar-refractivity contribution in [3.05, 3.63) is 70.5 Å². The maximum absolute atomic E-state index is 14.7. The monoisotopic (exact) mass is 544 g/mol. The lowest BCUT2D eigenvalue weighted by Gasteiger charge is -2.29. The van der Waals surface area contributed by atoms with Crippen LogP contribution in [0.4, 0.5) is 30.7 Å². The Labute approximate surface area is 212 Å². The summed E-state index contributed by atoms with van der Waals surface area (Å²) in [5.74, 6) is -2.52. The number of rotatable bonds is 6. The van der Waals surface area contributed by atoms with E-state index in [4.69, 9.17) is 0 Å². The smallest absolute Gasteiger partial charge is 0.379 e. The molecule has 38 heavy (non-hydrogen) atoms. The van der Waals surface area contributed by atoms with Crippen molar-refractivity contribution in [1.29, 1.82) is 0 Å². The largest absolute Gasteiger partial charge is 0.418 e. The number of hydrogen-bond donors (Lipinski definition) is 2. The van der Waals surface area contributed by atoms with Gasteiger partial charge in [-0.25, -0.2) is 4.39 Å². The molecule has 2 N–H and O–H groups in total. The molecule has 0 spiro atoms. The topological polar surface area (TPSA) is 69.6 Å². The van der Waals surface area contributed by atoms with Crippen molar-refractivity contribution < 1.29 is 45.4 Å². The number of piperidine rings is 1. The number of alkyl halides is 6. The highest BCUT2D eigenvalue weighted by molar-refractivity contribution is 5.99. The van der Waals surface area contributed by atoms with Gasteiger partial charge in [0.2, 0.25) is 5.91 Å². The Balaban J connectivity index is 1.36. The average Bonchev–Trinajstić information content (AvgIpc) is 3.78. The van der Waals surface area contributed by atoms with Crippen LogP contribution in [0.5, 0.6) is 0 Å². The van der Waals surface area contributed by atoms with Gasteiger partial charge in [-0.05, 0) is 67.3 Å². The molecule has 1 heterocycles. The summed E-state index contributed by atoms with van der Waals surface area (Å²) in [6, 6.07) is 4.50. The third-order valence-corrected chi connectivity index (χ3v) is 7.45. The fraction of sp³-hybridized carbons (Fsp3) is 0.462. The summed E-state index contributed by atoms with van der Waals surface area (Å²) in [4.78, 5) is 28.0. The number of likely N-dealkylation sites (tertiary alicyclic amines) is 1. The number of benzene rings is 2. The molecule has 0 bridgehead atoms. The maximum Gasteiger partial charge on any atom is 0.418 e. The fourth-order valence-electron chi connectivity index (χ4n) is 5.25. The van der Waals surface area contributed by atoms with Gasteiger partial charge in [-0.3, -0.25) is 9.59 Å². The van der Waals surface area contributed by atoms with Crippen LogP contribution in [-0.2, 0) is 11.0 Å². The summed E-state index contributed by atoms with van der Waals surface area (Å²) in [6.07, 6.45) is -10.2. The zero-order valence-electron chi connectivity index (χ0n) is 19.7. The highest BCUT2D eigenvalue weighted by Crippen LogP contribution is 2.49. The van der Waals surface area contributed by atoms with Crippen molar-refractivity contribution in [2.24, 2.45) is 11.8 Å². The van der Waals surface area contributed by atoms with Gasteiger partial charge < -0.3 is 15.3 Å². The number of carbonyl (C=O) groups excluding carboxylic acids is 2. The first-order chi connectivity index (χ1) is 17.8. The van der Waals surface area contributed by atoms with Gasteiger partial charge in [-0.2, -0.15) is 26.3 Å². The van der Waals surface area contributed by atoms with Gasteiger partial charge in [-0.1, -0.05) is 18.2 Å². The Morgan fingerprint density at radius 2 is 1.71 bits per heavy atom. The lowest BCUT2D eigenvalue weighted by atomic mass is 9.98. The Hall–Kier alpha value is -3.15. The van der Waals surface area contributed by atoms with Crippen molar-refractivity contribution in [2.75, 3.05) is 0 Å². The fourth-order valence-corrected chi connectivity index (χ4v) is 5.25. The highest BCUT2D eigenvalue weighted by Gasteiger charge is 2.56. The van der Waals surface area contributed by atoms with Crippen molar-refractivity contribution in [3.63, 3.8) is 0 Å². The van der Waals surface area contributed by atoms with Gasteiger partial charge in [0.1, 0.15) is 11.9 Å². The van der Waals surface area contributed by atoms with Crippen LogP contribution in [0.25, 0.3) is 0 Å². The molecule has 5 atom stereocenters. The molecule has 2 aliphatic carbocycles. The van der Waals surface area contributed by atoms with Gasteiger partial charge >= 0.3 is 12.4 Å². The van der Waals surface area contributed by atoms with Crippen LogP contribution in [0, 0.1) is 17.7 Å². The number of aliphatic hydroxyl groups is 1. The number of amides is 2. The summed E-state index contributed by atoms with van der Waals surface area (Å²) in [5.41, 5.74) is -1.86. The van der Waals surface area contributed by atoms with Gasteiger partial charge in [-0.15, -0.1) is 0 Å². The molecule has 2 amide bonds. The number of hydrogen-bond acceptors (Lipinski definition) is 3. The molecule has 0 aromatic heterocycles. The van der Waals surface area contributed by atoms with Crippen LogP contribution < -0.4 is 5.32 Å². The Morgan fingerprint density at radius 1 is 1.00 bits per heavy atom. The Bertz CT molecular complexity index is 1260. The zero-order chi connectivity index (χ0) is 27.6. The molecule has 2 saturated carbocycles. The Morgan fingerprint density at radius 3 is 2.32 bits per heavy atom. The quantitative estimate of drug-likeness (QED) is 0.485. The SMILES string of the molecule is O=C(N[C@@H](c1ccc(C(F)(F)F)cc1F)C1CC1)[C@H]1C[C@H]2C[C@H]2N1C(=O)c1cccc([C@@H](O)C(F)(F)F)c1. The lowest BCUT2D eigenvalue weighted by molar-refractivity contribution is -0.206. The molecule has 204 valence electrons. The van der Waals surface area contributed by atoms with Crippen LogP contribution in [-0.4, -0.2) is 40.1 Å². The minimum Gasteiger partial charge on any atom is -0.379 e. The summed E-state index contributed by atoms with van der Waals surface area (Å²) in [6.45, 7) is 0. The number of aliphatic hydroxyl groups excluding tert-OH is 1. The molecule has 1 aliphatic heterocycles. The van der Waals surface area contributed by atoms with E-state index in [1.54, 1.807) is 0 Å². The summed E-state index contributed by atoms with van der Waals surface area (Å²) >= 11 is 0. The normalized spacial score (nSPS) is 24.5. The molecule has 0 unspecified atom stereocenters. The molecular formula is C26H23F7N2O3. The van der Waals surface area contributed by atoms with Crippen LogP contribution in [0.1, 0.15) is 64.9 Å². The molecule has 0 radical (unpaired) electrons. The molecular weight excluding hydrogens is 521 g/mol. The third kappa shape index (κ3) is 5.10. The number of fused-ring (bicyclic) bond motifs is 1. The van der Waals surface area contributed by atoms with Crippen LogP contribution in [0.3, 0.4) is 0 Å². The summed E-state index contributed by atoms with van der Waals surface area (Å²) in [5, 5.41) is 12.3. The lowest BCUT2D eigenvalue weighted by Crippen LogP contribution is -2.49. The standard InChI is InChI=1S/C26H23F7N2O3/c27-18-11-16(25(28,29)30)6-7-17(18)21(12-4-5-12)34-23(37)20-10-15-9-19(15)35(20)24(38)14-3-1-2-13(8-14)22(36)26(31,32)33/h1-3,6-8,11-12,15,19-22,36H,4-5,9-10H2,(H,34,37)/t15-,19-,20-,21-,22-/m1/s1. The third-order valence-electron chi connectivity index (χ3n) is 7.45. The number of halogens is 7. The van der Waals surface area contributed by atoms with Crippen molar-refractivity contribution in [1.82, 2.24) is 10.2 Å². The van der Waals surface area contributed by atoms with Crippen LogP contribution in [0.15, 0.2) is 42.5 Å². The molecule has 1 saturated heterocycles. The first-order valence-corrected chi connectivity index (χ1v) is 12.1. The first-order valence-electron chi connectivity index (χ1n) is 12.1. The predicted molar refractivity (Wildman–Crippen MR) is 119 cm³/mol. The Kier molecular flexibility index (Phi) is 6.44. The molecule has 3 aliphatic rings. The average molecular weight is 544 g/mol. The number of nitrogens with one attached hydrogen (secondary N) is 1. The second-order valence-electron chi connectivity index (χ2n) is 10.2. The van der Waals surface area contributed by atoms with Gasteiger partial charge in [0.15, 0.2) is 6.10 Å². The second kappa shape index (κ2) is 9.25. The van der Waals surface area contributed by atoms with Gasteiger partial charge in [0.25, 0.3) is 5.91 Å². The zero-order valence-corrected chi connectivity index (χ0v) is 19.7. The van der Waals surface area contributed by atoms with E-state index in [9.17, 15) is 45.4 Å². The minimum atomic E-state index is -4.93. The highest BCUT2D eigenvalue weighted by atomic mass is 19.4. The molecule has 2 aromatic rings. The van der Waals surface area contributed by atoms with Crippen molar-refractivity contribution in [3.8, 4) is 0 Å². The predicted octanol–water partition coefficient (Wildman–Crippen LogP) is 5.31.